The number of aromatic nitrogens is 4. The fraction of sp³-hybridized carbons (Fsp3) is 0.643. The number of hydrogen-bond donors (Lipinski definition) is 1. The first kappa shape index (κ1) is 15.7. The lowest BCUT2D eigenvalue weighted by Gasteiger charge is -2.21. The lowest BCUT2D eigenvalue weighted by atomic mass is 10.1. The van der Waals surface area contributed by atoms with Crippen LogP contribution in [0.25, 0.3) is 11.6 Å². The van der Waals surface area contributed by atoms with Crippen molar-refractivity contribution < 1.29 is 9.26 Å². The lowest BCUT2D eigenvalue weighted by molar-refractivity contribution is 0.0410. The number of nitrogens with two attached hydrogens (primary N) is 1. The molecule has 0 aromatic carbocycles. The molecule has 0 aliphatic heterocycles. The topological polar surface area (TPSA) is 92.0 Å². The second-order valence-electron chi connectivity index (χ2n) is 5.70. The fourth-order valence-corrected chi connectivity index (χ4v) is 1.86. The molecule has 0 bridgehead atoms. The molecule has 2 aromatic rings. The highest BCUT2D eigenvalue weighted by atomic mass is 16.5. The second kappa shape index (κ2) is 5.95. The van der Waals surface area contributed by atoms with Crippen LogP contribution in [0.3, 0.4) is 0 Å². The summed E-state index contributed by atoms with van der Waals surface area (Å²) in [4.78, 5) is 4.39. The van der Waals surface area contributed by atoms with E-state index in [9.17, 15) is 0 Å². The minimum atomic E-state index is -0.793. The molecule has 116 valence electrons. The van der Waals surface area contributed by atoms with Crippen molar-refractivity contribution in [2.24, 2.45) is 12.8 Å². The molecule has 0 spiro atoms. The van der Waals surface area contributed by atoms with E-state index < -0.39 is 5.54 Å². The van der Waals surface area contributed by atoms with E-state index >= 15 is 0 Å². The molecular formula is C14H23N5O2. The van der Waals surface area contributed by atoms with Crippen LogP contribution in [0.5, 0.6) is 0 Å². The van der Waals surface area contributed by atoms with Gasteiger partial charge in [0.2, 0.25) is 0 Å². The first-order valence-corrected chi connectivity index (χ1v) is 7.11. The van der Waals surface area contributed by atoms with Gasteiger partial charge < -0.3 is 15.0 Å². The molecule has 1 unspecified atom stereocenters. The molecule has 1 atom stereocenters. The van der Waals surface area contributed by atoms with Gasteiger partial charge in [0.05, 0.1) is 18.4 Å². The summed E-state index contributed by atoms with van der Waals surface area (Å²) in [6.07, 6.45) is 0.953. The Labute approximate surface area is 124 Å². The number of nitrogens with zero attached hydrogens (tertiary/aromatic N) is 4. The Morgan fingerprint density at radius 1 is 1.48 bits per heavy atom. The molecule has 21 heavy (non-hydrogen) atoms. The van der Waals surface area contributed by atoms with Crippen LogP contribution in [0, 0.1) is 0 Å². The lowest BCUT2D eigenvalue weighted by Crippen LogP contribution is -2.40. The third-order valence-corrected chi connectivity index (χ3v) is 3.17. The number of rotatable bonds is 6. The van der Waals surface area contributed by atoms with Gasteiger partial charge in [-0.1, -0.05) is 12.1 Å². The first-order valence-electron chi connectivity index (χ1n) is 7.11. The number of hydrogen-bond acceptors (Lipinski definition) is 6. The van der Waals surface area contributed by atoms with E-state index in [0.29, 0.717) is 18.3 Å². The van der Waals surface area contributed by atoms with Crippen LogP contribution in [0.1, 0.15) is 39.2 Å². The molecule has 0 saturated heterocycles. The van der Waals surface area contributed by atoms with Gasteiger partial charge >= 0.3 is 0 Å². The van der Waals surface area contributed by atoms with Gasteiger partial charge in [-0.25, -0.2) is 0 Å². The van der Waals surface area contributed by atoms with Gasteiger partial charge in [-0.15, -0.1) is 0 Å². The average molecular weight is 293 g/mol. The van der Waals surface area contributed by atoms with Crippen LogP contribution in [0.4, 0.5) is 0 Å². The second-order valence-corrected chi connectivity index (χ2v) is 5.70. The number of ether oxygens (including phenoxy) is 1. The van der Waals surface area contributed by atoms with E-state index in [2.05, 4.69) is 15.2 Å². The smallest absolute Gasteiger partial charge is 0.276 e. The average Bonchev–Trinajstić information content (AvgIpc) is 3.03. The Morgan fingerprint density at radius 2 is 2.19 bits per heavy atom. The molecule has 2 N–H and O–H groups in total. The summed E-state index contributed by atoms with van der Waals surface area (Å²) in [6.45, 7) is 8.12. The zero-order valence-electron chi connectivity index (χ0n) is 13.3. The molecule has 0 saturated carbocycles. The van der Waals surface area contributed by atoms with E-state index in [1.54, 1.807) is 4.68 Å². The molecule has 0 amide bonds. The summed E-state index contributed by atoms with van der Waals surface area (Å²) in [5, 5.41) is 8.36. The van der Waals surface area contributed by atoms with Crippen molar-refractivity contribution in [2.45, 2.75) is 45.8 Å². The van der Waals surface area contributed by atoms with Gasteiger partial charge in [0.25, 0.3) is 5.89 Å². The van der Waals surface area contributed by atoms with E-state index in [1.807, 2.05) is 40.8 Å². The molecule has 7 nitrogen and oxygen atoms in total. The van der Waals surface area contributed by atoms with Gasteiger partial charge in [0, 0.05) is 7.05 Å². The predicted molar refractivity (Wildman–Crippen MR) is 78.5 cm³/mol. The highest BCUT2D eigenvalue weighted by molar-refractivity contribution is 5.48. The molecule has 0 aliphatic rings. The maximum atomic E-state index is 6.21. The minimum absolute atomic E-state index is 0.100. The summed E-state index contributed by atoms with van der Waals surface area (Å²) in [6, 6.07) is 1.94. The highest BCUT2D eigenvalue weighted by Crippen LogP contribution is 2.22. The Kier molecular flexibility index (Phi) is 4.43. The third-order valence-electron chi connectivity index (χ3n) is 3.17. The van der Waals surface area contributed by atoms with Crippen molar-refractivity contribution in [2.75, 3.05) is 6.61 Å². The third kappa shape index (κ3) is 3.48. The summed E-state index contributed by atoms with van der Waals surface area (Å²) in [5.74, 6) is 0.846. The number of aryl methyl sites for hydroxylation is 2. The molecule has 2 aromatic heterocycles. The van der Waals surface area contributed by atoms with Crippen LogP contribution >= 0.6 is 0 Å². The monoisotopic (exact) mass is 293 g/mol. The van der Waals surface area contributed by atoms with Crippen molar-refractivity contribution in [3.05, 3.63) is 17.6 Å². The van der Waals surface area contributed by atoms with E-state index in [-0.39, 0.29) is 6.10 Å². The molecule has 7 heteroatoms. The Hall–Kier alpha value is -1.73. The van der Waals surface area contributed by atoms with Crippen molar-refractivity contribution in [1.82, 2.24) is 19.9 Å². The Morgan fingerprint density at radius 3 is 2.76 bits per heavy atom. The first-order chi connectivity index (χ1) is 9.83. The molecule has 2 heterocycles. The van der Waals surface area contributed by atoms with Crippen LogP contribution in [-0.4, -0.2) is 32.6 Å². The van der Waals surface area contributed by atoms with Gasteiger partial charge in [-0.05, 0) is 33.3 Å². The largest absolute Gasteiger partial charge is 0.376 e. The minimum Gasteiger partial charge on any atom is -0.376 e. The predicted octanol–water partition coefficient (Wildman–Crippen LogP) is 1.63. The molecule has 0 aliphatic carbocycles. The molecule has 2 rings (SSSR count). The SMILES string of the molecule is CCc1cc(-c2nc(C(C)(N)COC(C)C)no2)n(C)n1. The van der Waals surface area contributed by atoms with Crippen LogP contribution < -0.4 is 5.73 Å². The van der Waals surface area contributed by atoms with Crippen LogP contribution in [-0.2, 0) is 23.7 Å². The Balaban J connectivity index is 2.22. The van der Waals surface area contributed by atoms with Crippen molar-refractivity contribution >= 4 is 0 Å². The summed E-state index contributed by atoms with van der Waals surface area (Å²) in [5.41, 5.74) is 7.18. The normalized spacial score (nSPS) is 14.6. The summed E-state index contributed by atoms with van der Waals surface area (Å²) >= 11 is 0. The van der Waals surface area contributed by atoms with Gasteiger partial charge in [-0.3, -0.25) is 4.68 Å². The standard InChI is InChI=1S/C14H23N5O2/c1-6-10-7-11(19(5)17-10)12-16-13(18-21-12)14(4,15)8-20-9(2)3/h7,9H,6,8,15H2,1-5H3. The van der Waals surface area contributed by atoms with E-state index in [4.69, 9.17) is 15.0 Å². The quantitative estimate of drug-likeness (QED) is 0.870. The van der Waals surface area contributed by atoms with Crippen molar-refractivity contribution in [3.63, 3.8) is 0 Å². The molecular weight excluding hydrogens is 270 g/mol. The van der Waals surface area contributed by atoms with Crippen molar-refractivity contribution in [1.29, 1.82) is 0 Å². The molecule has 0 radical (unpaired) electrons. The van der Waals surface area contributed by atoms with Gasteiger partial charge in [-0.2, -0.15) is 10.1 Å². The fourth-order valence-electron chi connectivity index (χ4n) is 1.86. The Bertz CT molecular complexity index is 600. The maximum absolute atomic E-state index is 6.21. The van der Waals surface area contributed by atoms with Crippen molar-refractivity contribution in [3.8, 4) is 11.6 Å². The highest BCUT2D eigenvalue weighted by Gasteiger charge is 2.29. The van der Waals surface area contributed by atoms with Crippen LogP contribution in [0.15, 0.2) is 10.6 Å². The van der Waals surface area contributed by atoms with E-state index in [0.717, 1.165) is 17.8 Å². The van der Waals surface area contributed by atoms with E-state index in [1.165, 1.54) is 0 Å². The van der Waals surface area contributed by atoms with Gasteiger partial charge in [0.1, 0.15) is 11.2 Å². The maximum Gasteiger partial charge on any atom is 0.276 e. The molecule has 0 fully saturated rings. The van der Waals surface area contributed by atoms with Crippen LogP contribution in [0.2, 0.25) is 0 Å². The zero-order valence-corrected chi connectivity index (χ0v) is 13.3. The zero-order chi connectivity index (χ0) is 15.6. The summed E-state index contributed by atoms with van der Waals surface area (Å²) in [7, 11) is 1.85. The van der Waals surface area contributed by atoms with Gasteiger partial charge in [0.15, 0.2) is 5.82 Å². The summed E-state index contributed by atoms with van der Waals surface area (Å²) < 4.78 is 12.6.